The Kier molecular flexibility index (Phi) is 4.65. The number of amides is 1. The van der Waals surface area contributed by atoms with Crippen LogP contribution in [0.3, 0.4) is 0 Å². The van der Waals surface area contributed by atoms with Crippen LogP contribution in [-0.2, 0) is 6.42 Å². The Morgan fingerprint density at radius 3 is 2.57 bits per heavy atom. The number of aromatic nitrogens is 1. The van der Waals surface area contributed by atoms with Gasteiger partial charge in [0.25, 0.3) is 5.91 Å². The standard InChI is InChI=1S/C26H25FN2O/c1-16-10-12-28-24(14-16)25(18-6-7-18)29-13-11-22-21(4-3-5-23(22)26(29)30)20-9-8-19(27)15-17(20)2/h3-5,8-10,12,14-15,18,25H,6-7,11,13H2,1-2H3. The van der Waals surface area contributed by atoms with Crippen LogP contribution < -0.4 is 0 Å². The molecule has 2 heterocycles. The number of pyridine rings is 1. The Labute approximate surface area is 176 Å². The van der Waals surface area contributed by atoms with Gasteiger partial charge in [-0.05, 0) is 97.2 Å². The van der Waals surface area contributed by atoms with Crippen LogP contribution in [-0.4, -0.2) is 22.3 Å². The van der Waals surface area contributed by atoms with E-state index in [2.05, 4.69) is 18.0 Å². The molecule has 0 N–H and O–H groups in total. The third-order valence-corrected chi connectivity index (χ3v) is 6.39. The molecule has 1 atom stereocenters. The predicted molar refractivity (Wildman–Crippen MR) is 116 cm³/mol. The number of nitrogens with zero attached hydrogens (tertiary/aromatic N) is 2. The van der Waals surface area contributed by atoms with Gasteiger partial charge in [-0.25, -0.2) is 4.39 Å². The van der Waals surface area contributed by atoms with Crippen molar-refractivity contribution in [1.29, 1.82) is 0 Å². The smallest absolute Gasteiger partial charge is 0.254 e. The first kappa shape index (κ1) is 19.0. The van der Waals surface area contributed by atoms with Crippen molar-refractivity contribution in [3.05, 3.63) is 88.5 Å². The van der Waals surface area contributed by atoms with Crippen molar-refractivity contribution in [2.75, 3.05) is 6.54 Å². The summed E-state index contributed by atoms with van der Waals surface area (Å²) in [7, 11) is 0. The van der Waals surface area contributed by atoms with E-state index in [1.165, 1.54) is 11.6 Å². The van der Waals surface area contributed by atoms with Crippen molar-refractivity contribution in [2.24, 2.45) is 5.92 Å². The monoisotopic (exact) mass is 400 g/mol. The molecule has 0 bridgehead atoms. The first-order chi connectivity index (χ1) is 14.5. The molecule has 2 aromatic carbocycles. The topological polar surface area (TPSA) is 33.2 Å². The van der Waals surface area contributed by atoms with Crippen molar-refractivity contribution in [2.45, 2.75) is 39.2 Å². The van der Waals surface area contributed by atoms with Crippen LogP contribution >= 0.6 is 0 Å². The summed E-state index contributed by atoms with van der Waals surface area (Å²) in [4.78, 5) is 20.3. The van der Waals surface area contributed by atoms with E-state index < -0.39 is 0 Å². The predicted octanol–water partition coefficient (Wildman–Crippen LogP) is 5.65. The number of carbonyl (C=O) groups excluding carboxylic acids is 1. The SMILES string of the molecule is Cc1ccnc(C(C2CC2)N2CCc3c(cccc3-c3ccc(F)cc3C)C2=O)c1. The van der Waals surface area contributed by atoms with Crippen LogP contribution in [0.4, 0.5) is 4.39 Å². The second kappa shape index (κ2) is 7.35. The van der Waals surface area contributed by atoms with Crippen molar-refractivity contribution in [1.82, 2.24) is 9.88 Å². The minimum atomic E-state index is -0.235. The van der Waals surface area contributed by atoms with E-state index in [0.717, 1.165) is 52.8 Å². The largest absolute Gasteiger partial charge is 0.329 e. The third-order valence-electron chi connectivity index (χ3n) is 6.39. The maximum atomic E-state index is 13.6. The van der Waals surface area contributed by atoms with Crippen LogP contribution in [0.1, 0.15) is 51.6 Å². The molecule has 1 aromatic heterocycles. The minimum Gasteiger partial charge on any atom is -0.329 e. The molecule has 3 nitrogen and oxygen atoms in total. The second-order valence-electron chi connectivity index (χ2n) is 8.58. The minimum absolute atomic E-state index is 0.0433. The highest BCUT2D eigenvalue weighted by Gasteiger charge is 2.41. The average molecular weight is 400 g/mol. The molecule has 5 rings (SSSR count). The Bertz CT molecular complexity index is 1140. The van der Waals surface area contributed by atoms with Gasteiger partial charge in [-0.15, -0.1) is 0 Å². The number of fused-ring (bicyclic) bond motifs is 1. The van der Waals surface area contributed by atoms with Crippen LogP contribution in [0.25, 0.3) is 11.1 Å². The lowest BCUT2D eigenvalue weighted by molar-refractivity contribution is 0.0628. The molecular weight excluding hydrogens is 375 g/mol. The van der Waals surface area contributed by atoms with E-state index in [0.29, 0.717) is 12.5 Å². The molecule has 1 unspecified atom stereocenters. The second-order valence-corrected chi connectivity index (χ2v) is 8.58. The van der Waals surface area contributed by atoms with Crippen molar-refractivity contribution in [3.8, 4) is 11.1 Å². The van der Waals surface area contributed by atoms with Gasteiger partial charge in [0.2, 0.25) is 0 Å². The number of hydrogen-bond acceptors (Lipinski definition) is 2. The summed E-state index contributed by atoms with van der Waals surface area (Å²) >= 11 is 0. The van der Waals surface area contributed by atoms with Gasteiger partial charge in [-0.3, -0.25) is 9.78 Å². The van der Waals surface area contributed by atoms with Gasteiger partial charge in [0, 0.05) is 18.3 Å². The van der Waals surface area contributed by atoms with Crippen LogP contribution in [0.15, 0.2) is 54.7 Å². The maximum absolute atomic E-state index is 13.6. The Morgan fingerprint density at radius 1 is 1.03 bits per heavy atom. The highest BCUT2D eigenvalue weighted by Crippen LogP contribution is 2.46. The summed E-state index contributed by atoms with van der Waals surface area (Å²) in [5.41, 5.74) is 6.92. The molecule has 1 amide bonds. The van der Waals surface area contributed by atoms with Gasteiger partial charge in [0.05, 0.1) is 11.7 Å². The quantitative estimate of drug-likeness (QED) is 0.567. The van der Waals surface area contributed by atoms with Crippen molar-refractivity contribution < 1.29 is 9.18 Å². The molecule has 4 heteroatoms. The van der Waals surface area contributed by atoms with Gasteiger partial charge >= 0.3 is 0 Å². The zero-order valence-corrected chi connectivity index (χ0v) is 17.4. The van der Waals surface area contributed by atoms with Gasteiger partial charge in [-0.1, -0.05) is 18.2 Å². The Hall–Kier alpha value is -3.01. The molecule has 0 radical (unpaired) electrons. The van der Waals surface area contributed by atoms with Crippen molar-refractivity contribution in [3.63, 3.8) is 0 Å². The lowest BCUT2D eigenvalue weighted by atomic mass is 9.87. The lowest BCUT2D eigenvalue weighted by Gasteiger charge is -2.36. The summed E-state index contributed by atoms with van der Waals surface area (Å²) in [6.45, 7) is 4.67. The molecule has 3 aromatic rings. The van der Waals surface area contributed by atoms with Gasteiger partial charge < -0.3 is 4.90 Å². The van der Waals surface area contributed by atoms with Gasteiger partial charge in [0.15, 0.2) is 0 Å². The first-order valence-electron chi connectivity index (χ1n) is 10.6. The Balaban J connectivity index is 1.54. The average Bonchev–Trinajstić information content (AvgIpc) is 3.55. The molecular formula is C26H25FN2O. The normalized spacial score (nSPS) is 17.0. The third kappa shape index (κ3) is 3.30. The van der Waals surface area contributed by atoms with Crippen molar-refractivity contribution >= 4 is 5.91 Å². The number of halogens is 1. The molecule has 1 aliphatic carbocycles. The van der Waals surface area contributed by atoms with E-state index in [4.69, 9.17) is 0 Å². The number of hydrogen-bond donors (Lipinski definition) is 0. The Morgan fingerprint density at radius 2 is 1.83 bits per heavy atom. The number of rotatable bonds is 4. The molecule has 0 spiro atoms. The molecule has 152 valence electrons. The zero-order valence-electron chi connectivity index (χ0n) is 17.4. The highest BCUT2D eigenvalue weighted by atomic mass is 19.1. The van der Waals surface area contributed by atoms with Crippen LogP contribution in [0.5, 0.6) is 0 Å². The highest BCUT2D eigenvalue weighted by molar-refractivity contribution is 5.99. The molecule has 1 fully saturated rings. The maximum Gasteiger partial charge on any atom is 0.254 e. The van der Waals surface area contributed by atoms with E-state index in [-0.39, 0.29) is 17.8 Å². The molecule has 1 saturated carbocycles. The molecule has 1 aliphatic heterocycles. The summed E-state index contributed by atoms with van der Waals surface area (Å²) in [5.74, 6) is 0.339. The van der Waals surface area contributed by atoms with Crippen LogP contribution in [0.2, 0.25) is 0 Å². The number of benzene rings is 2. The fourth-order valence-electron chi connectivity index (χ4n) is 4.78. The zero-order chi connectivity index (χ0) is 20.8. The summed E-state index contributed by atoms with van der Waals surface area (Å²) in [6.07, 6.45) is 4.93. The lowest BCUT2D eigenvalue weighted by Crippen LogP contribution is -2.41. The van der Waals surface area contributed by atoms with Gasteiger partial charge in [0.1, 0.15) is 5.82 Å². The van der Waals surface area contributed by atoms with Crippen LogP contribution in [0, 0.1) is 25.6 Å². The summed E-state index contributed by atoms with van der Waals surface area (Å²) < 4.78 is 13.6. The van der Waals surface area contributed by atoms with Gasteiger partial charge in [-0.2, -0.15) is 0 Å². The molecule has 2 aliphatic rings. The molecule has 0 saturated heterocycles. The van der Waals surface area contributed by atoms with E-state index in [1.807, 2.05) is 48.4 Å². The fourth-order valence-corrected chi connectivity index (χ4v) is 4.78. The summed E-state index contributed by atoms with van der Waals surface area (Å²) in [5, 5.41) is 0. The fraction of sp³-hybridized carbons (Fsp3) is 0.308. The summed E-state index contributed by atoms with van der Waals surface area (Å²) in [6, 6.07) is 14.9. The molecule has 30 heavy (non-hydrogen) atoms. The van der Waals surface area contributed by atoms with E-state index in [1.54, 1.807) is 6.07 Å². The number of aryl methyl sites for hydroxylation is 2. The van der Waals surface area contributed by atoms with E-state index in [9.17, 15) is 9.18 Å². The number of carbonyl (C=O) groups is 1. The van der Waals surface area contributed by atoms with E-state index >= 15 is 0 Å². The first-order valence-corrected chi connectivity index (χ1v) is 10.6.